The Morgan fingerprint density at radius 3 is 2.44 bits per heavy atom. The van der Waals surface area contributed by atoms with E-state index in [0.29, 0.717) is 25.4 Å². The second-order valence-corrected chi connectivity index (χ2v) is 8.49. The number of carboxylic acid groups (broad SMARTS) is 1. The molecule has 2 aliphatic heterocycles. The van der Waals surface area contributed by atoms with Gasteiger partial charge in [-0.15, -0.1) is 0 Å². The number of aliphatic carboxylic acids is 1. The predicted molar refractivity (Wildman–Crippen MR) is 123 cm³/mol. The number of carboxylic acids is 1. The van der Waals surface area contributed by atoms with Crippen LogP contribution in [0.5, 0.6) is 5.75 Å². The summed E-state index contributed by atoms with van der Waals surface area (Å²) in [4.78, 5) is 13.2. The van der Waals surface area contributed by atoms with Crippen LogP contribution in [0, 0.1) is 0 Å². The molecular weight excluding hydrogens is 408 g/mol. The molecule has 2 fully saturated rings. The van der Waals surface area contributed by atoms with Crippen LogP contribution >= 0.6 is 0 Å². The van der Waals surface area contributed by atoms with E-state index in [2.05, 4.69) is 40.2 Å². The quantitative estimate of drug-likeness (QED) is 0.420. The molecule has 8 nitrogen and oxygen atoms in total. The maximum Gasteiger partial charge on any atom is 0.323 e. The Bertz CT molecular complexity index is 882. The van der Waals surface area contributed by atoms with E-state index in [0.717, 1.165) is 36.5 Å². The van der Waals surface area contributed by atoms with Crippen molar-refractivity contribution in [2.24, 2.45) is 0 Å². The van der Waals surface area contributed by atoms with Crippen LogP contribution < -0.4 is 20.7 Å². The number of hydrogen-bond acceptors (Lipinski definition) is 7. The number of hydrogen-bond donors (Lipinski definition) is 5. The van der Waals surface area contributed by atoms with Crippen LogP contribution in [0.4, 0.5) is 5.69 Å². The number of nitrogens with zero attached hydrogens (tertiary/aromatic N) is 1. The van der Waals surface area contributed by atoms with Gasteiger partial charge < -0.3 is 20.3 Å². The average molecular weight is 441 g/mol. The summed E-state index contributed by atoms with van der Waals surface area (Å²) in [6.45, 7) is 3.00. The van der Waals surface area contributed by atoms with Gasteiger partial charge in [-0.3, -0.25) is 20.3 Å². The van der Waals surface area contributed by atoms with Crippen LogP contribution in [0.2, 0.25) is 0 Å². The monoisotopic (exact) mass is 440 g/mol. The van der Waals surface area contributed by atoms with E-state index in [1.54, 1.807) is 7.11 Å². The van der Waals surface area contributed by atoms with Crippen LogP contribution in [0.15, 0.2) is 48.5 Å². The molecule has 0 aliphatic carbocycles. The second kappa shape index (κ2) is 10.3. The Morgan fingerprint density at radius 2 is 1.81 bits per heavy atom. The van der Waals surface area contributed by atoms with Gasteiger partial charge in [0.15, 0.2) is 0 Å². The smallest absolute Gasteiger partial charge is 0.323 e. The molecule has 2 atom stereocenters. The highest BCUT2D eigenvalue weighted by Crippen LogP contribution is 2.22. The number of carbonyl (C=O) groups is 1. The SMILES string of the molecule is COc1ccc(C2CNC(Nc3ccc(CCN4CC[C@H](O)[C@@H]4C(=O)O)cc3)NC2)cc1. The van der Waals surface area contributed by atoms with Gasteiger partial charge in [-0.1, -0.05) is 24.3 Å². The molecule has 2 heterocycles. The molecule has 0 bridgehead atoms. The van der Waals surface area contributed by atoms with Gasteiger partial charge in [-0.05, 0) is 48.2 Å². The summed E-state index contributed by atoms with van der Waals surface area (Å²) >= 11 is 0. The van der Waals surface area contributed by atoms with E-state index >= 15 is 0 Å². The number of nitrogens with one attached hydrogen (secondary N) is 3. The molecule has 2 aliphatic rings. The summed E-state index contributed by atoms with van der Waals surface area (Å²) in [5.74, 6) is 0.324. The number of aliphatic hydroxyl groups is 1. The van der Waals surface area contributed by atoms with Gasteiger partial charge in [0.1, 0.15) is 18.1 Å². The minimum Gasteiger partial charge on any atom is -0.497 e. The molecule has 2 aromatic carbocycles. The van der Waals surface area contributed by atoms with E-state index in [4.69, 9.17) is 4.74 Å². The van der Waals surface area contributed by atoms with Crippen LogP contribution in [0.3, 0.4) is 0 Å². The third-order valence-corrected chi connectivity index (χ3v) is 6.40. The number of anilines is 1. The zero-order chi connectivity index (χ0) is 22.5. The third kappa shape index (κ3) is 5.39. The van der Waals surface area contributed by atoms with Crippen molar-refractivity contribution in [1.29, 1.82) is 0 Å². The molecule has 8 heteroatoms. The maximum atomic E-state index is 11.4. The van der Waals surface area contributed by atoms with Gasteiger partial charge >= 0.3 is 5.97 Å². The van der Waals surface area contributed by atoms with Crippen LogP contribution in [-0.2, 0) is 11.2 Å². The van der Waals surface area contributed by atoms with Crippen molar-refractivity contribution >= 4 is 11.7 Å². The summed E-state index contributed by atoms with van der Waals surface area (Å²) in [5.41, 5.74) is 3.44. The molecule has 2 aromatic rings. The van der Waals surface area contributed by atoms with Gasteiger partial charge in [0.25, 0.3) is 0 Å². The fourth-order valence-electron chi connectivity index (χ4n) is 4.50. The number of likely N-dealkylation sites (tertiary alicyclic amines) is 1. The average Bonchev–Trinajstić information content (AvgIpc) is 3.20. The van der Waals surface area contributed by atoms with Gasteiger partial charge in [0, 0.05) is 37.8 Å². The molecule has 32 heavy (non-hydrogen) atoms. The number of aliphatic hydroxyl groups excluding tert-OH is 1. The lowest BCUT2D eigenvalue weighted by Gasteiger charge is -2.32. The number of benzene rings is 2. The molecule has 2 saturated heterocycles. The van der Waals surface area contributed by atoms with E-state index in [1.165, 1.54) is 5.56 Å². The molecule has 0 amide bonds. The fraction of sp³-hybridized carbons (Fsp3) is 0.458. The van der Waals surface area contributed by atoms with Crippen molar-refractivity contribution in [2.75, 3.05) is 38.6 Å². The summed E-state index contributed by atoms with van der Waals surface area (Å²) in [5, 5.41) is 29.7. The Balaban J connectivity index is 1.23. The molecule has 0 radical (unpaired) electrons. The van der Waals surface area contributed by atoms with Crippen LogP contribution in [0.1, 0.15) is 23.5 Å². The first-order chi connectivity index (χ1) is 15.5. The highest BCUT2D eigenvalue weighted by molar-refractivity contribution is 5.74. The summed E-state index contributed by atoms with van der Waals surface area (Å²) in [6.07, 6.45) is 0.484. The molecule has 5 N–H and O–H groups in total. The Labute approximate surface area is 188 Å². The Morgan fingerprint density at radius 1 is 1.12 bits per heavy atom. The predicted octanol–water partition coefficient (Wildman–Crippen LogP) is 1.43. The van der Waals surface area contributed by atoms with Crippen molar-refractivity contribution in [3.05, 3.63) is 59.7 Å². The molecular formula is C24H32N4O4. The van der Waals surface area contributed by atoms with E-state index in [1.807, 2.05) is 29.2 Å². The summed E-state index contributed by atoms with van der Waals surface area (Å²) in [7, 11) is 1.68. The van der Waals surface area contributed by atoms with E-state index in [9.17, 15) is 15.0 Å². The highest BCUT2D eigenvalue weighted by atomic mass is 16.5. The lowest BCUT2D eigenvalue weighted by atomic mass is 9.97. The van der Waals surface area contributed by atoms with Gasteiger partial charge in [-0.2, -0.15) is 0 Å². The number of ether oxygens (including phenoxy) is 1. The first-order valence-electron chi connectivity index (χ1n) is 11.1. The minimum atomic E-state index is -0.948. The number of methoxy groups -OCH3 is 1. The second-order valence-electron chi connectivity index (χ2n) is 8.49. The Kier molecular flexibility index (Phi) is 7.26. The normalized spacial score (nSPS) is 26.1. The minimum absolute atomic E-state index is 0.00207. The van der Waals surface area contributed by atoms with Gasteiger partial charge in [-0.25, -0.2) is 0 Å². The molecule has 4 rings (SSSR count). The van der Waals surface area contributed by atoms with Crippen molar-refractivity contribution in [3.63, 3.8) is 0 Å². The summed E-state index contributed by atoms with van der Waals surface area (Å²) < 4.78 is 5.23. The Hall–Kier alpha value is -2.65. The lowest BCUT2D eigenvalue weighted by molar-refractivity contribution is -0.144. The van der Waals surface area contributed by atoms with Crippen LogP contribution in [0.25, 0.3) is 0 Å². The van der Waals surface area contributed by atoms with Crippen molar-refractivity contribution in [1.82, 2.24) is 15.5 Å². The molecule has 0 aromatic heterocycles. The summed E-state index contributed by atoms with van der Waals surface area (Å²) in [6, 6.07) is 15.6. The van der Waals surface area contributed by atoms with E-state index < -0.39 is 18.1 Å². The molecule has 0 unspecified atom stereocenters. The standard InChI is InChI=1S/C24H32N4O4/c1-32-20-8-4-17(5-9-20)18-14-25-24(26-15-18)27-19-6-2-16(3-7-19)10-12-28-13-11-21(29)22(28)23(30)31/h2-9,18,21-22,24-27,29H,10-15H2,1H3,(H,30,31)/t18?,21-,22+,24?/m0/s1. The largest absolute Gasteiger partial charge is 0.497 e. The van der Waals surface area contributed by atoms with Crippen molar-refractivity contribution in [2.45, 2.75) is 37.2 Å². The van der Waals surface area contributed by atoms with Crippen molar-refractivity contribution < 1.29 is 19.7 Å². The maximum absolute atomic E-state index is 11.4. The van der Waals surface area contributed by atoms with Crippen molar-refractivity contribution in [3.8, 4) is 5.75 Å². The molecule has 172 valence electrons. The fourth-order valence-corrected chi connectivity index (χ4v) is 4.50. The first-order valence-corrected chi connectivity index (χ1v) is 11.1. The number of rotatable bonds is 8. The van der Waals surface area contributed by atoms with E-state index in [-0.39, 0.29) is 6.29 Å². The third-order valence-electron chi connectivity index (χ3n) is 6.40. The lowest BCUT2D eigenvalue weighted by Crippen LogP contribution is -2.55. The van der Waals surface area contributed by atoms with Gasteiger partial charge in [0.05, 0.1) is 13.2 Å². The zero-order valence-corrected chi connectivity index (χ0v) is 18.3. The topological polar surface area (TPSA) is 106 Å². The van der Waals surface area contributed by atoms with Gasteiger partial charge in [0.2, 0.25) is 0 Å². The molecule has 0 saturated carbocycles. The van der Waals surface area contributed by atoms with Crippen LogP contribution in [-0.4, -0.2) is 72.8 Å². The zero-order valence-electron chi connectivity index (χ0n) is 18.3. The highest BCUT2D eigenvalue weighted by Gasteiger charge is 2.37. The first kappa shape index (κ1) is 22.5. The molecule has 0 spiro atoms.